The van der Waals surface area contributed by atoms with Gasteiger partial charge in [0.25, 0.3) is 15.9 Å². The Morgan fingerprint density at radius 3 is 2.71 bits per heavy atom. The number of carbonyl (C=O) groups excluding carboxylic acids is 1. The van der Waals surface area contributed by atoms with E-state index in [1.165, 1.54) is 15.6 Å². The standard InChI is InChI=1S/C21H20N2O3S2/c1-15-5-2-6-17(13-15)21(24)22-18-9-10-19-16(14-18)7-3-11-23(19)28(25,26)20-8-4-12-27-20/h2,4-6,8-10,12-14H,3,7,11H2,1H3,(H,22,24). The maximum atomic E-state index is 13.0. The van der Waals surface area contributed by atoms with Gasteiger partial charge in [-0.1, -0.05) is 23.8 Å². The van der Waals surface area contributed by atoms with Crippen LogP contribution in [-0.4, -0.2) is 20.9 Å². The fourth-order valence-electron chi connectivity index (χ4n) is 3.40. The van der Waals surface area contributed by atoms with Crippen molar-refractivity contribution in [1.29, 1.82) is 0 Å². The number of fused-ring (bicyclic) bond motifs is 1. The Balaban J connectivity index is 1.61. The lowest BCUT2D eigenvalue weighted by Gasteiger charge is -2.30. The molecule has 0 radical (unpaired) electrons. The molecule has 4 rings (SSSR count). The molecule has 0 bridgehead atoms. The van der Waals surface area contributed by atoms with Crippen molar-refractivity contribution in [3.05, 3.63) is 76.7 Å². The van der Waals surface area contributed by atoms with E-state index in [-0.39, 0.29) is 5.91 Å². The molecule has 1 aliphatic heterocycles. The maximum absolute atomic E-state index is 13.0. The largest absolute Gasteiger partial charge is 0.322 e. The van der Waals surface area contributed by atoms with Crippen LogP contribution in [0.1, 0.15) is 27.9 Å². The van der Waals surface area contributed by atoms with E-state index in [0.717, 1.165) is 24.0 Å². The molecule has 3 aromatic rings. The summed E-state index contributed by atoms with van der Waals surface area (Å²) in [5.41, 5.74) is 3.90. The van der Waals surface area contributed by atoms with Gasteiger partial charge in [-0.25, -0.2) is 8.42 Å². The van der Waals surface area contributed by atoms with E-state index < -0.39 is 10.0 Å². The number of carbonyl (C=O) groups is 1. The van der Waals surface area contributed by atoms with Gasteiger partial charge in [0.2, 0.25) is 0 Å². The van der Waals surface area contributed by atoms with E-state index in [0.29, 0.717) is 27.7 Å². The van der Waals surface area contributed by atoms with E-state index in [9.17, 15) is 13.2 Å². The number of nitrogens with zero attached hydrogens (tertiary/aromatic N) is 1. The quantitative estimate of drug-likeness (QED) is 0.688. The van der Waals surface area contributed by atoms with Crippen LogP contribution in [-0.2, 0) is 16.4 Å². The van der Waals surface area contributed by atoms with Crippen molar-refractivity contribution in [2.24, 2.45) is 0 Å². The lowest BCUT2D eigenvalue weighted by atomic mass is 10.0. The van der Waals surface area contributed by atoms with Gasteiger partial charge in [-0.05, 0) is 67.1 Å². The van der Waals surface area contributed by atoms with Crippen LogP contribution < -0.4 is 9.62 Å². The summed E-state index contributed by atoms with van der Waals surface area (Å²) in [5, 5.41) is 4.68. The number of rotatable bonds is 4. The Kier molecular flexibility index (Phi) is 4.95. The highest BCUT2D eigenvalue weighted by atomic mass is 32.2. The number of aryl methyl sites for hydroxylation is 2. The first-order chi connectivity index (χ1) is 13.4. The maximum Gasteiger partial charge on any atom is 0.273 e. The Labute approximate surface area is 168 Å². The molecule has 1 aromatic heterocycles. The number of amides is 1. The molecule has 0 saturated carbocycles. The number of hydrogen-bond acceptors (Lipinski definition) is 4. The summed E-state index contributed by atoms with van der Waals surface area (Å²) >= 11 is 1.22. The molecule has 1 N–H and O–H groups in total. The summed E-state index contributed by atoms with van der Waals surface area (Å²) < 4.78 is 27.7. The van der Waals surface area contributed by atoms with E-state index in [1.807, 2.05) is 31.2 Å². The number of benzene rings is 2. The first-order valence-electron chi connectivity index (χ1n) is 9.02. The molecule has 28 heavy (non-hydrogen) atoms. The summed E-state index contributed by atoms with van der Waals surface area (Å²) in [6.07, 6.45) is 1.52. The number of sulfonamides is 1. The zero-order valence-electron chi connectivity index (χ0n) is 15.4. The van der Waals surface area contributed by atoms with Crippen molar-refractivity contribution in [3.8, 4) is 0 Å². The number of thiophene rings is 1. The Morgan fingerprint density at radius 2 is 1.96 bits per heavy atom. The van der Waals surface area contributed by atoms with Gasteiger partial charge in [-0.2, -0.15) is 0 Å². The normalized spacial score (nSPS) is 13.8. The third-order valence-electron chi connectivity index (χ3n) is 4.73. The van der Waals surface area contributed by atoms with Crippen LogP contribution in [0.3, 0.4) is 0 Å². The van der Waals surface area contributed by atoms with E-state index >= 15 is 0 Å². The topological polar surface area (TPSA) is 66.5 Å². The second-order valence-corrected chi connectivity index (χ2v) is 9.82. The van der Waals surface area contributed by atoms with Gasteiger partial charge in [-0.15, -0.1) is 11.3 Å². The van der Waals surface area contributed by atoms with Crippen LogP contribution in [0.4, 0.5) is 11.4 Å². The average Bonchev–Trinajstić information content (AvgIpc) is 3.23. The van der Waals surface area contributed by atoms with Gasteiger partial charge in [0.1, 0.15) is 4.21 Å². The van der Waals surface area contributed by atoms with Crippen molar-refractivity contribution in [2.45, 2.75) is 24.0 Å². The molecule has 1 aliphatic rings. The summed E-state index contributed by atoms with van der Waals surface area (Å²) in [6, 6.07) is 16.2. The van der Waals surface area contributed by atoms with E-state index in [1.54, 1.807) is 35.7 Å². The number of hydrogen-bond donors (Lipinski definition) is 1. The average molecular weight is 413 g/mol. The molecule has 0 atom stereocenters. The highest BCUT2D eigenvalue weighted by Crippen LogP contribution is 2.34. The lowest BCUT2D eigenvalue weighted by molar-refractivity contribution is 0.102. The monoisotopic (exact) mass is 412 g/mol. The minimum atomic E-state index is -3.55. The second kappa shape index (κ2) is 7.41. The second-order valence-electron chi connectivity index (χ2n) is 6.78. The van der Waals surface area contributed by atoms with Crippen LogP contribution in [0.5, 0.6) is 0 Å². The summed E-state index contributed by atoms with van der Waals surface area (Å²) in [6.45, 7) is 2.40. The minimum absolute atomic E-state index is 0.178. The zero-order valence-corrected chi connectivity index (χ0v) is 17.0. The fraction of sp³-hybridized carbons (Fsp3) is 0.190. The van der Waals surface area contributed by atoms with Crippen molar-refractivity contribution < 1.29 is 13.2 Å². The van der Waals surface area contributed by atoms with E-state index in [4.69, 9.17) is 0 Å². The molecule has 0 spiro atoms. The first kappa shape index (κ1) is 18.7. The molecule has 2 aromatic carbocycles. The molecule has 2 heterocycles. The molecule has 0 aliphatic carbocycles. The third kappa shape index (κ3) is 3.55. The SMILES string of the molecule is Cc1cccc(C(=O)Nc2ccc3c(c2)CCCN3S(=O)(=O)c2cccs2)c1. The molecular weight excluding hydrogens is 392 g/mol. The molecule has 144 valence electrons. The number of anilines is 2. The smallest absolute Gasteiger partial charge is 0.273 e. The molecule has 1 amide bonds. The Bertz CT molecular complexity index is 1120. The van der Waals surface area contributed by atoms with Crippen LogP contribution in [0.25, 0.3) is 0 Å². The van der Waals surface area contributed by atoms with E-state index in [2.05, 4.69) is 5.32 Å². The summed E-state index contributed by atoms with van der Waals surface area (Å²) in [5.74, 6) is -0.178. The minimum Gasteiger partial charge on any atom is -0.322 e. The van der Waals surface area contributed by atoms with Crippen molar-refractivity contribution in [1.82, 2.24) is 0 Å². The highest BCUT2D eigenvalue weighted by Gasteiger charge is 2.29. The van der Waals surface area contributed by atoms with Gasteiger partial charge in [-0.3, -0.25) is 9.10 Å². The fourth-order valence-corrected chi connectivity index (χ4v) is 6.04. The van der Waals surface area contributed by atoms with Crippen LogP contribution in [0.2, 0.25) is 0 Å². The predicted molar refractivity (Wildman–Crippen MR) is 113 cm³/mol. The van der Waals surface area contributed by atoms with Crippen LogP contribution in [0, 0.1) is 6.92 Å². The molecule has 0 unspecified atom stereocenters. The Hall–Kier alpha value is -2.64. The summed E-state index contributed by atoms with van der Waals surface area (Å²) in [7, 11) is -3.55. The van der Waals surface area contributed by atoms with Crippen molar-refractivity contribution in [2.75, 3.05) is 16.2 Å². The zero-order chi connectivity index (χ0) is 19.7. The summed E-state index contributed by atoms with van der Waals surface area (Å²) in [4.78, 5) is 12.5. The number of nitrogens with one attached hydrogen (secondary N) is 1. The Morgan fingerprint density at radius 1 is 1.11 bits per heavy atom. The van der Waals surface area contributed by atoms with Gasteiger partial charge >= 0.3 is 0 Å². The van der Waals surface area contributed by atoms with Gasteiger partial charge in [0.15, 0.2) is 0 Å². The van der Waals surface area contributed by atoms with Gasteiger partial charge in [0, 0.05) is 17.8 Å². The molecule has 0 saturated heterocycles. The first-order valence-corrected chi connectivity index (χ1v) is 11.3. The molecule has 7 heteroatoms. The van der Waals surface area contributed by atoms with Crippen molar-refractivity contribution in [3.63, 3.8) is 0 Å². The lowest BCUT2D eigenvalue weighted by Crippen LogP contribution is -2.35. The third-order valence-corrected chi connectivity index (χ3v) is 7.92. The van der Waals surface area contributed by atoms with Crippen LogP contribution in [0.15, 0.2) is 64.2 Å². The highest BCUT2D eigenvalue weighted by molar-refractivity contribution is 7.94. The predicted octanol–water partition coefficient (Wildman–Crippen LogP) is 4.45. The molecular formula is C21H20N2O3S2. The van der Waals surface area contributed by atoms with Gasteiger partial charge in [0.05, 0.1) is 5.69 Å². The molecule has 5 nitrogen and oxygen atoms in total. The van der Waals surface area contributed by atoms with Crippen LogP contribution >= 0.6 is 11.3 Å². The van der Waals surface area contributed by atoms with Crippen molar-refractivity contribution >= 4 is 38.6 Å². The molecule has 0 fully saturated rings. The van der Waals surface area contributed by atoms with Gasteiger partial charge < -0.3 is 5.32 Å².